The first kappa shape index (κ1) is 10.5. The summed E-state index contributed by atoms with van der Waals surface area (Å²) in [5, 5.41) is 0. The van der Waals surface area contributed by atoms with Crippen molar-refractivity contribution in [2.75, 3.05) is 0 Å². The second-order valence-electron chi connectivity index (χ2n) is 4.56. The van der Waals surface area contributed by atoms with E-state index in [0.717, 1.165) is 23.8 Å². The van der Waals surface area contributed by atoms with Gasteiger partial charge in [-0.1, -0.05) is 0 Å². The fourth-order valence-electron chi connectivity index (χ4n) is 2.94. The van der Waals surface area contributed by atoms with Crippen LogP contribution in [0.15, 0.2) is 17.2 Å². The average molecular weight is 224 g/mol. The van der Waals surface area contributed by atoms with Crippen molar-refractivity contribution in [2.24, 2.45) is 11.8 Å². The van der Waals surface area contributed by atoms with E-state index >= 15 is 0 Å². The number of fused-ring (bicyclic) bond motifs is 1. The molecule has 0 aliphatic heterocycles. The minimum absolute atomic E-state index is 0.926. The van der Waals surface area contributed by atoms with Crippen molar-refractivity contribution in [3.05, 3.63) is 23.8 Å². The summed E-state index contributed by atoms with van der Waals surface area (Å²) in [7, 11) is 0. The summed E-state index contributed by atoms with van der Waals surface area (Å²) in [6.07, 6.45) is 10.2. The topological polar surface area (TPSA) is 0 Å². The Bertz CT molecular complexity index is 275. The van der Waals surface area contributed by atoms with Crippen molar-refractivity contribution in [3.8, 4) is 0 Å². The van der Waals surface area contributed by atoms with E-state index in [-0.39, 0.29) is 0 Å². The van der Waals surface area contributed by atoms with Crippen molar-refractivity contribution in [1.82, 2.24) is 0 Å². The molecule has 14 heavy (non-hydrogen) atoms. The Morgan fingerprint density at radius 3 is 2.79 bits per heavy atom. The second-order valence-corrected chi connectivity index (χ2v) is 5.03. The summed E-state index contributed by atoms with van der Waals surface area (Å²) in [5.41, 5.74) is 2.54. The molecule has 2 saturated carbocycles. The van der Waals surface area contributed by atoms with Gasteiger partial charge in [-0.3, -0.25) is 0 Å². The van der Waals surface area contributed by atoms with Gasteiger partial charge in [0.1, 0.15) is 0 Å². The van der Waals surface area contributed by atoms with E-state index in [9.17, 15) is 0 Å². The SMILES string of the molecule is [CH-]=C1CCC2CCCC2C/C1=C/[CH]=[V]. The third-order valence-electron chi connectivity index (χ3n) is 3.77. The summed E-state index contributed by atoms with van der Waals surface area (Å²) < 4.78 is 2.06. The van der Waals surface area contributed by atoms with E-state index in [4.69, 9.17) is 6.58 Å². The van der Waals surface area contributed by atoms with Crippen LogP contribution in [0.1, 0.15) is 38.5 Å². The molecule has 0 N–H and O–H groups in total. The molecular weight excluding hydrogens is 207 g/mol. The van der Waals surface area contributed by atoms with E-state index in [0.29, 0.717) is 0 Å². The third kappa shape index (κ3) is 2.12. The normalized spacial score (nSPS) is 35.4. The number of rotatable bonds is 1. The zero-order valence-corrected chi connectivity index (χ0v) is 9.97. The minimum atomic E-state index is 0.926. The number of hydrogen-bond acceptors (Lipinski definition) is 0. The van der Waals surface area contributed by atoms with Gasteiger partial charge in [-0.15, -0.1) is 0 Å². The van der Waals surface area contributed by atoms with Gasteiger partial charge in [0.15, 0.2) is 0 Å². The first-order valence-electron chi connectivity index (χ1n) is 5.59. The average Bonchev–Trinajstić information content (AvgIpc) is 2.56. The van der Waals surface area contributed by atoms with Crippen LogP contribution in [0.5, 0.6) is 0 Å². The van der Waals surface area contributed by atoms with E-state index < -0.39 is 0 Å². The van der Waals surface area contributed by atoms with Crippen molar-refractivity contribution in [3.63, 3.8) is 0 Å². The molecule has 0 aromatic rings. The molecule has 2 rings (SSSR count). The third-order valence-corrected chi connectivity index (χ3v) is 4.00. The van der Waals surface area contributed by atoms with Gasteiger partial charge >= 0.3 is 95.9 Å². The summed E-state index contributed by atoms with van der Waals surface area (Å²) in [5.74, 6) is 1.89. The molecule has 0 nitrogen and oxygen atoms in total. The van der Waals surface area contributed by atoms with Crippen LogP contribution in [0.25, 0.3) is 0 Å². The van der Waals surface area contributed by atoms with Crippen LogP contribution in [0.3, 0.4) is 0 Å². The molecule has 0 saturated heterocycles. The molecule has 2 aliphatic rings. The second kappa shape index (κ2) is 4.64. The van der Waals surface area contributed by atoms with Gasteiger partial charge in [-0.05, 0) is 0 Å². The van der Waals surface area contributed by atoms with Crippen LogP contribution in [-0.4, -0.2) is 4.73 Å². The number of hydrogen-bond donors (Lipinski definition) is 0. The van der Waals surface area contributed by atoms with Gasteiger partial charge in [0.2, 0.25) is 0 Å². The first-order valence-corrected chi connectivity index (χ1v) is 6.40. The predicted octanol–water partition coefficient (Wildman–Crippen LogP) is 3.22. The van der Waals surface area contributed by atoms with Crippen LogP contribution in [0, 0.1) is 18.4 Å². The molecule has 0 aromatic heterocycles. The van der Waals surface area contributed by atoms with Crippen molar-refractivity contribution in [2.45, 2.75) is 38.5 Å². The maximum absolute atomic E-state index is 6.09. The van der Waals surface area contributed by atoms with Crippen molar-refractivity contribution >= 4 is 4.73 Å². The Labute approximate surface area is 96.0 Å². The molecule has 0 bridgehead atoms. The van der Waals surface area contributed by atoms with E-state index in [1.165, 1.54) is 37.7 Å². The first-order chi connectivity index (χ1) is 6.81. The summed E-state index contributed by atoms with van der Waals surface area (Å²) in [6.45, 7) is 6.09. The molecule has 1 heteroatoms. The molecule has 2 aliphatic carbocycles. The van der Waals surface area contributed by atoms with Gasteiger partial charge in [-0.25, -0.2) is 0 Å². The van der Waals surface area contributed by atoms with E-state index in [1.807, 2.05) is 0 Å². The molecule has 0 heterocycles. The van der Waals surface area contributed by atoms with Gasteiger partial charge in [0, 0.05) is 0 Å². The molecule has 2 unspecified atom stereocenters. The standard InChI is InChI=1S/C13H17.V/c1-3-11-9-13-6-4-5-12(13)8-7-10(11)2;/h1-3,12-13H,4-9H2;/q-1;/b11-3-;. The Hall–Kier alpha value is -0.0656. The van der Waals surface area contributed by atoms with Crippen LogP contribution >= 0.6 is 0 Å². The molecule has 0 amide bonds. The van der Waals surface area contributed by atoms with Crippen molar-refractivity contribution < 1.29 is 17.0 Å². The molecule has 2 atom stereocenters. The Morgan fingerprint density at radius 2 is 2.00 bits per heavy atom. The molecular formula is C13H17V-. The fourth-order valence-corrected chi connectivity index (χ4v) is 3.22. The Morgan fingerprint density at radius 1 is 1.21 bits per heavy atom. The number of allylic oxidation sites excluding steroid dienone is 3. The molecule has 0 radical (unpaired) electrons. The van der Waals surface area contributed by atoms with E-state index in [2.05, 4.69) is 27.8 Å². The Kier molecular flexibility index (Phi) is 3.46. The molecule has 0 aromatic carbocycles. The zero-order valence-electron chi connectivity index (χ0n) is 8.58. The molecule has 2 fully saturated rings. The summed E-state index contributed by atoms with van der Waals surface area (Å²) in [4.78, 5) is 0. The van der Waals surface area contributed by atoms with Crippen LogP contribution in [0.2, 0.25) is 0 Å². The monoisotopic (exact) mass is 224 g/mol. The van der Waals surface area contributed by atoms with Crippen LogP contribution < -0.4 is 0 Å². The maximum atomic E-state index is 6.09. The summed E-state index contributed by atoms with van der Waals surface area (Å²) >= 11 is 2.50. The molecule has 75 valence electrons. The quantitative estimate of drug-likeness (QED) is 0.600. The van der Waals surface area contributed by atoms with Gasteiger partial charge in [-0.2, -0.15) is 0 Å². The predicted molar refractivity (Wildman–Crippen MR) is 56.6 cm³/mol. The van der Waals surface area contributed by atoms with Gasteiger partial charge in [0.05, 0.1) is 0 Å². The molecule has 0 spiro atoms. The van der Waals surface area contributed by atoms with Gasteiger partial charge < -0.3 is 0 Å². The zero-order chi connectivity index (χ0) is 9.97. The van der Waals surface area contributed by atoms with Crippen LogP contribution in [-0.2, 0) is 17.0 Å². The Balaban J connectivity index is 2.15. The van der Waals surface area contributed by atoms with E-state index in [1.54, 1.807) is 0 Å². The van der Waals surface area contributed by atoms with Crippen LogP contribution in [0.4, 0.5) is 0 Å². The van der Waals surface area contributed by atoms with Crippen molar-refractivity contribution in [1.29, 1.82) is 0 Å². The van der Waals surface area contributed by atoms with Gasteiger partial charge in [0.25, 0.3) is 0 Å². The summed E-state index contributed by atoms with van der Waals surface area (Å²) in [6, 6.07) is 0. The fraction of sp³-hybridized carbons (Fsp3) is 0.615.